The zero-order valence-corrected chi connectivity index (χ0v) is 48.9. The molecule has 0 atom stereocenters. The smallest absolute Gasteiger partial charge is 0.373 e. The number of hydrogen-bond acceptors (Lipinski definition) is 26. The molecular formula is C31H63Br9N10O25. The largest absolute Gasteiger partial charge is 0.481 e. The molecule has 0 fully saturated rings. The van der Waals surface area contributed by atoms with Gasteiger partial charge in [-0.1, -0.05) is 82.0 Å². The molecule has 44 heteroatoms. The van der Waals surface area contributed by atoms with Crippen LogP contribution in [0.1, 0.15) is 63.8 Å². The first kappa shape index (κ1) is 151. The van der Waals surface area contributed by atoms with E-state index < -0.39 is 44.7 Å². The van der Waals surface area contributed by atoms with E-state index in [9.17, 15) is 19.2 Å². The number of nitriles is 3. The standard InChI is InChI=1S/C3H2Br2.C3H5NO3.C3H3NO2.C3H6O4.C2Br3N.C2H3Br2NO.C2H3N.C2H2O4.C2H2O3.C2H2O2.CH3NO.CO2.5CH4.Br2.H2N2O.2H3N.2H2O/c1-2-3(4)5;4-2(5)1-3(6)7;4-2-1-3(5)6;1-3(7-5)2-6-4;3-2(4,5)1-6;3-1(4)2(5)6;1-2-3;3-5-1-2-6-4;3-1-2(4)5;1-2-4-3;2*2-1-3;;;;;;1-2;1-2-3;;;;/h1H2;1H2,(H2,4,5)(H,6,7);1H2,(H,5,6);2,4-5H,1H3;;1H,(H2,5,6);1H3;3-4H;1H,(H,4,5);1,3H;1H,(H2,2,3);;5*1H4;;(H2,1,3);2*1H3;2*1H2/b;;;3-2+;;;;;;;;;;;;;;;;;;;. The number of carboxylic acid groups (broad SMARTS) is 3. The Hall–Kier alpha value is -4.92. The average molecular weight is 1700 g/mol. The predicted octanol–water partition coefficient (Wildman–Crippen LogP) is 6.54. The molecule has 0 spiro atoms. The SMILES string of the molecule is BrBr.C.C.C.C.C.C#COO.C/C(=C\OO)OO.C=C=C(Br)Br.CC#N.N.N.N#CC(Br)(Br)Br.N#CCC(=O)O.NC(=O)C(Br)Br.NC(=O)CC(=O)O.NC=O.NN=O.O.O.O=C=O.O=CC(=O)O.OOC#COO. The number of carbonyl (C=O) groups excluding carboxylic acids is 6. The summed E-state index contributed by atoms with van der Waals surface area (Å²) in [5.74, 6) is -0.903. The number of aliphatic carboxylic acids is 3. The molecule has 26 N–H and O–H groups in total. The van der Waals surface area contributed by atoms with Crippen molar-refractivity contribution in [1.29, 1.82) is 15.8 Å². The molecule has 0 aliphatic rings. The van der Waals surface area contributed by atoms with Crippen molar-refractivity contribution in [2.75, 3.05) is 0 Å². The summed E-state index contributed by atoms with van der Waals surface area (Å²) in [7, 11) is 0. The minimum Gasteiger partial charge on any atom is -0.481 e. The molecule has 0 unspecified atom stereocenters. The second-order valence-electron chi connectivity index (χ2n) is 6.04. The van der Waals surface area contributed by atoms with Gasteiger partial charge in [0.15, 0.2) is 18.1 Å². The van der Waals surface area contributed by atoms with E-state index in [4.69, 9.17) is 92.0 Å². The molecule has 0 aromatic heterocycles. The fourth-order valence-corrected chi connectivity index (χ4v) is 0.350. The number of alkyl halides is 5. The number of primary amides is 3. The van der Waals surface area contributed by atoms with Gasteiger partial charge in [-0.25, -0.2) is 15.3 Å². The number of carboxylic acids is 3. The zero-order valence-electron chi connectivity index (χ0n) is 34.6. The number of amides is 3. The molecule has 0 heterocycles. The van der Waals surface area contributed by atoms with E-state index in [0.29, 0.717) is 0 Å². The number of hydrogen-bond donors (Lipinski definition) is 14. The number of terminal acetylenes is 1. The lowest BCUT2D eigenvalue weighted by molar-refractivity contribution is -0.223. The summed E-state index contributed by atoms with van der Waals surface area (Å²) < 4.78 is -0.331. The number of nitrogens with two attached hydrogens (primary N) is 4. The van der Waals surface area contributed by atoms with Crippen LogP contribution in [0.4, 0.5) is 0 Å². The normalized spacial score (nSPS) is 5.91. The zero-order chi connectivity index (χ0) is 56.6. The molecular weight excluding hydrogens is 1630 g/mol. The molecule has 0 saturated carbocycles. The summed E-state index contributed by atoms with van der Waals surface area (Å²) in [6.07, 6.45) is 9.05. The number of halogens is 9. The Morgan fingerprint density at radius 2 is 1.04 bits per heavy atom. The second-order valence-corrected chi connectivity index (χ2v) is 18.5. The van der Waals surface area contributed by atoms with Crippen LogP contribution in [0.25, 0.3) is 0 Å². The molecule has 0 aliphatic heterocycles. The van der Waals surface area contributed by atoms with Crippen LogP contribution in [0.5, 0.6) is 0 Å². The Labute approximate surface area is 506 Å². The molecule has 3 amide bonds. The highest BCUT2D eigenvalue weighted by molar-refractivity contribution is 9.93. The van der Waals surface area contributed by atoms with E-state index >= 15 is 0 Å². The van der Waals surface area contributed by atoms with Crippen LogP contribution >= 0.6 is 140 Å². The van der Waals surface area contributed by atoms with Gasteiger partial charge >= 0.3 is 24.1 Å². The Morgan fingerprint density at radius 3 is 1.07 bits per heavy atom. The van der Waals surface area contributed by atoms with Gasteiger partial charge in [-0.05, 0) is 79.6 Å². The van der Waals surface area contributed by atoms with E-state index in [1.54, 1.807) is 11.4 Å². The van der Waals surface area contributed by atoms with Gasteiger partial charge in [-0.3, -0.25) is 49.3 Å². The van der Waals surface area contributed by atoms with E-state index in [1.165, 1.54) is 38.2 Å². The molecule has 0 bridgehead atoms. The van der Waals surface area contributed by atoms with Gasteiger partial charge in [0.2, 0.25) is 38.9 Å². The monoisotopic (exact) mass is 1690 g/mol. The predicted molar refractivity (Wildman–Crippen MR) is 304 cm³/mol. The number of rotatable bonds is 7. The maximum Gasteiger partial charge on any atom is 0.373 e. The first-order valence-corrected chi connectivity index (χ1v) is 22.3. The molecule has 0 aromatic rings. The molecule has 75 heavy (non-hydrogen) atoms. The van der Waals surface area contributed by atoms with E-state index in [-0.39, 0.29) is 88.7 Å². The summed E-state index contributed by atoms with van der Waals surface area (Å²) >= 11 is 26.2. The third-order valence-electron chi connectivity index (χ3n) is 1.68. The Morgan fingerprint density at radius 1 is 0.813 bits per heavy atom. The minimum absolute atomic E-state index is 0. The second kappa shape index (κ2) is 165. The fraction of sp³-hybridized carbons (Fsp3) is 0.355. The number of carbonyl (C=O) groups is 7. The first-order valence-electron chi connectivity index (χ1n) is 12.8. The summed E-state index contributed by atoms with van der Waals surface area (Å²) in [5.41, 5.74) is 15.9. The third kappa shape index (κ3) is 638. The number of aldehydes is 1. The minimum atomic E-state index is -1.43. The Balaban J connectivity index is -0.0000000185. The van der Waals surface area contributed by atoms with Crippen molar-refractivity contribution >= 4 is 188 Å². The Bertz CT molecular complexity index is 1530. The molecule has 35 nitrogen and oxygen atoms in total. The molecule has 450 valence electrons. The quantitative estimate of drug-likeness (QED) is 0.0110. The average Bonchev–Trinajstić information content (AvgIpc) is 3.23. The maximum atomic E-state index is 9.83. The van der Waals surface area contributed by atoms with Crippen molar-refractivity contribution in [2.24, 2.45) is 28.3 Å². The highest BCUT2D eigenvalue weighted by atomic mass is 80.9. The number of nitrogens with zero attached hydrogens (tertiary/aromatic N) is 4. The van der Waals surface area contributed by atoms with Gasteiger partial charge < -0.3 is 65.5 Å². The molecule has 0 rings (SSSR count). The Kier molecular flexibility index (Phi) is 331. The van der Waals surface area contributed by atoms with Crippen LogP contribution in [0.15, 0.2) is 33.0 Å². The van der Waals surface area contributed by atoms with Crippen LogP contribution in [0.3, 0.4) is 0 Å². The molecule has 0 aromatic carbocycles. The third-order valence-corrected chi connectivity index (χ3v) is 3.68. The van der Waals surface area contributed by atoms with Gasteiger partial charge in [0.25, 0.3) is 0 Å². The topological polar surface area (TPSA) is 700 Å². The van der Waals surface area contributed by atoms with Crippen molar-refractivity contribution in [3.05, 3.63) is 32.6 Å². The summed E-state index contributed by atoms with van der Waals surface area (Å²) in [4.78, 5) is 106. The number of allylic oxidation sites excluding steroid dienone is 1. The van der Waals surface area contributed by atoms with Crippen molar-refractivity contribution in [1.82, 2.24) is 12.3 Å². The van der Waals surface area contributed by atoms with Crippen molar-refractivity contribution in [3.8, 4) is 43.0 Å². The molecule has 0 aliphatic carbocycles. The lowest BCUT2D eigenvalue weighted by Crippen LogP contribution is -2.17. The van der Waals surface area contributed by atoms with Gasteiger partial charge in [0, 0.05) is 47.4 Å². The van der Waals surface area contributed by atoms with Crippen LogP contribution < -0.4 is 35.3 Å². The van der Waals surface area contributed by atoms with Gasteiger partial charge in [-0.15, -0.1) is 10.6 Å². The van der Waals surface area contributed by atoms with Gasteiger partial charge in [0.1, 0.15) is 26.0 Å². The highest BCUT2D eigenvalue weighted by Crippen LogP contribution is 2.31. The summed E-state index contributed by atoms with van der Waals surface area (Å²) in [6.45, 7) is 6.15. The van der Waals surface area contributed by atoms with E-state index in [2.05, 4.69) is 200 Å². The van der Waals surface area contributed by atoms with E-state index in [1.807, 2.05) is 6.07 Å². The fourth-order valence-electron chi connectivity index (χ4n) is 0.350. The van der Waals surface area contributed by atoms with Gasteiger partial charge in [-0.2, -0.15) is 41.1 Å². The maximum absolute atomic E-state index is 9.83. The van der Waals surface area contributed by atoms with E-state index in [0.717, 1.165) is 9.65 Å². The summed E-state index contributed by atoms with van der Waals surface area (Å²) in [6, 6.07) is 5.07. The van der Waals surface area contributed by atoms with Crippen molar-refractivity contribution in [2.45, 2.75) is 69.7 Å². The molecule has 0 saturated heterocycles. The van der Waals surface area contributed by atoms with Gasteiger partial charge in [0.05, 0.1) is 12.1 Å². The van der Waals surface area contributed by atoms with Crippen LogP contribution in [-0.2, 0) is 67.6 Å². The number of nitroso groups, excluding NO2 is 1. The van der Waals surface area contributed by atoms with Crippen LogP contribution in [0, 0.1) is 63.6 Å². The highest BCUT2D eigenvalue weighted by Gasteiger charge is 2.13. The van der Waals surface area contributed by atoms with Crippen LogP contribution in [0.2, 0.25) is 0 Å². The molecule has 0 radical (unpaired) electrons. The lowest BCUT2D eigenvalue weighted by atomic mass is 10.4. The summed E-state index contributed by atoms with van der Waals surface area (Å²) in [5, 5.41) is 84.6. The van der Waals surface area contributed by atoms with Crippen molar-refractivity contribution in [3.63, 3.8) is 0 Å². The van der Waals surface area contributed by atoms with Crippen molar-refractivity contribution < 1.29 is 120 Å². The first-order chi connectivity index (χ1) is 30.4. The van der Waals surface area contributed by atoms with Crippen LogP contribution in [-0.4, -0.2) is 107 Å². The lowest BCUT2D eigenvalue weighted by Gasteiger charge is -1.92.